The summed E-state index contributed by atoms with van der Waals surface area (Å²) in [6.45, 7) is 3.06. The zero-order valence-electron chi connectivity index (χ0n) is 13.2. The van der Waals surface area contributed by atoms with Crippen molar-refractivity contribution in [1.82, 2.24) is 9.88 Å². The Morgan fingerprint density at radius 1 is 1.17 bits per heavy atom. The van der Waals surface area contributed by atoms with Crippen LogP contribution in [0.4, 0.5) is 0 Å². The smallest absolute Gasteiger partial charge is 0.253 e. The molecule has 0 N–H and O–H groups in total. The van der Waals surface area contributed by atoms with Crippen molar-refractivity contribution in [1.29, 1.82) is 0 Å². The third-order valence-electron chi connectivity index (χ3n) is 3.47. The summed E-state index contributed by atoms with van der Waals surface area (Å²) in [7, 11) is 1.80. The average molecular weight is 326 g/mol. The van der Waals surface area contributed by atoms with Gasteiger partial charge < -0.3 is 9.64 Å². The Bertz CT molecular complexity index is 778. The monoisotopic (exact) mass is 326 g/mol. The van der Waals surface area contributed by atoms with Crippen molar-refractivity contribution in [2.75, 3.05) is 13.7 Å². The minimum absolute atomic E-state index is 0.0210. The molecule has 2 aromatic carbocycles. The lowest BCUT2D eigenvalue weighted by Crippen LogP contribution is -2.26. The van der Waals surface area contributed by atoms with Crippen LogP contribution in [0.2, 0.25) is 0 Å². The highest BCUT2D eigenvalue weighted by Crippen LogP contribution is 2.23. The van der Waals surface area contributed by atoms with E-state index in [0.717, 1.165) is 21.0 Å². The second-order valence-corrected chi connectivity index (χ2v) is 6.31. The van der Waals surface area contributed by atoms with Gasteiger partial charge in [0, 0.05) is 12.6 Å². The van der Waals surface area contributed by atoms with E-state index in [1.807, 2.05) is 43.3 Å². The first-order chi connectivity index (χ1) is 11.2. The minimum Gasteiger partial charge on any atom is -0.494 e. The average Bonchev–Trinajstić information content (AvgIpc) is 2.97. The van der Waals surface area contributed by atoms with Crippen molar-refractivity contribution >= 4 is 27.5 Å². The van der Waals surface area contributed by atoms with Crippen LogP contribution in [0.1, 0.15) is 22.3 Å². The van der Waals surface area contributed by atoms with Crippen LogP contribution in [-0.4, -0.2) is 29.4 Å². The summed E-state index contributed by atoms with van der Waals surface area (Å²) < 4.78 is 6.54. The molecule has 23 heavy (non-hydrogen) atoms. The minimum atomic E-state index is -0.0210. The molecule has 0 aliphatic heterocycles. The molecular weight excluding hydrogens is 308 g/mol. The number of fused-ring (bicyclic) bond motifs is 1. The predicted octanol–water partition coefficient (Wildman–Crippen LogP) is 3.97. The fourth-order valence-electron chi connectivity index (χ4n) is 2.34. The first kappa shape index (κ1) is 15.5. The lowest BCUT2D eigenvalue weighted by Gasteiger charge is -2.15. The molecule has 0 unspecified atom stereocenters. The van der Waals surface area contributed by atoms with E-state index in [4.69, 9.17) is 4.74 Å². The summed E-state index contributed by atoms with van der Waals surface area (Å²) in [6, 6.07) is 15.2. The van der Waals surface area contributed by atoms with Crippen LogP contribution < -0.4 is 4.74 Å². The second kappa shape index (κ2) is 6.79. The SMILES string of the molecule is CCOc1ccc(C(=O)N(C)Cc2nc3ccccc3s2)cc1. The summed E-state index contributed by atoms with van der Waals surface area (Å²) in [5.41, 5.74) is 1.63. The number of carbonyl (C=O) groups excluding carboxylic acids is 1. The number of benzene rings is 2. The Morgan fingerprint density at radius 3 is 2.61 bits per heavy atom. The third kappa shape index (κ3) is 3.51. The standard InChI is InChI=1S/C18H18N2O2S/c1-3-22-14-10-8-13(9-11-14)18(21)20(2)12-17-19-15-6-4-5-7-16(15)23-17/h4-11H,3,12H2,1-2H3. The van der Waals surface area contributed by atoms with E-state index in [1.54, 1.807) is 35.4 Å². The largest absolute Gasteiger partial charge is 0.494 e. The molecule has 3 rings (SSSR count). The predicted molar refractivity (Wildman–Crippen MR) is 93.0 cm³/mol. The molecule has 5 heteroatoms. The number of carbonyl (C=O) groups is 1. The molecule has 1 aromatic heterocycles. The molecule has 0 atom stereocenters. The van der Waals surface area contributed by atoms with Gasteiger partial charge in [0.05, 0.1) is 23.4 Å². The van der Waals surface area contributed by atoms with Crippen LogP contribution in [0.5, 0.6) is 5.75 Å². The highest BCUT2D eigenvalue weighted by molar-refractivity contribution is 7.18. The highest BCUT2D eigenvalue weighted by Gasteiger charge is 2.14. The van der Waals surface area contributed by atoms with Crippen LogP contribution in [0.15, 0.2) is 48.5 Å². The number of hydrogen-bond donors (Lipinski definition) is 0. The van der Waals surface area contributed by atoms with Crippen LogP contribution in [0, 0.1) is 0 Å². The first-order valence-corrected chi connectivity index (χ1v) is 8.32. The van der Waals surface area contributed by atoms with Crippen molar-refractivity contribution in [3.8, 4) is 5.75 Å². The van der Waals surface area contributed by atoms with Crippen molar-refractivity contribution in [2.24, 2.45) is 0 Å². The molecule has 1 heterocycles. The quantitative estimate of drug-likeness (QED) is 0.712. The van der Waals surface area contributed by atoms with Crippen LogP contribution in [-0.2, 0) is 6.54 Å². The van der Waals surface area contributed by atoms with E-state index >= 15 is 0 Å². The number of rotatable bonds is 5. The van der Waals surface area contributed by atoms with Gasteiger partial charge in [-0.15, -0.1) is 11.3 Å². The van der Waals surface area contributed by atoms with Crippen molar-refractivity contribution < 1.29 is 9.53 Å². The number of nitrogens with zero attached hydrogens (tertiary/aromatic N) is 2. The number of para-hydroxylation sites is 1. The zero-order valence-corrected chi connectivity index (χ0v) is 14.0. The van der Waals surface area contributed by atoms with Gasteiger partial charge in [-0.05, 0) is 43.3 Å². The Hall–Kier alpha value is -2.40. The zero-order chi connectivity index (χ0) is 16.2. The molecule has 118 valence electrons. The van der Waals surface area contributed by atoms with E-state index in [9.17, 15) is 4.79 Å². The fraction of sp³-hybridized carbons (Fsp3) is 0.222. The Kier molecular flexibility index (Phi) is 4.57. The molecule has 0 fully saturated rings. The van der Waals surface area contributed by atoms with Gasteiger partial charge >= 0.3 is 0 Å². The van der Waals surface area contributed by atoms with Crippen molar-refractivity contribution in [2.45, 2.75) is 13.5 Å². The summed E-state index contributed by atoms with van der Waals surface area (Å²) in [4.78, 5) is 18.8. The molecule has 0 aliphatic carbocycles. The number of ether oxygens (including phenoxy) is 1. The molecule has 3 aromatic rings. The van der Waals surface area contributed by atoms with E-state index in [0.29, 0.717) is 18.7 Å². The van der Waals surface area contributed by atoms with Gasteiger partial charge in [-0.25, -0.2) is 4.98 Å². The Labute approximate surface area is 139 Å². The topological polar surface area (TPSA) is 42.4 Å². The molecule has 0 aliphatic rings. The van der Waals surface area contributed by atoms with E-state index in [-0.39, 0.29) is 5.91 Å². The third-order valence-corrected chi connectivity index (χ3v) is 4.49. The molecule has 0 radical (unpaired) electrons. The summed E-state index contributed by atoms with van der Waals surface area (Å²) in [5.74, 6) is 0.755. The molecule has 1 amide bonds. The number of thiazole rings is 1. The maximum atomic E-state index is 12.5. The molecular formula is C18H18N2O2S. The van der Waals surface area contributed by atoms with Gasteiger partial charge in [0.1, 0.15) is 10.8 Å². The normalized spacial score (nSPS) is 10.7. The molecule has 4 nitrogen and oxygen atoms in total. The van der Waals surface area contributed by atoms with E-state index in [2.05, 4.69) is 4.98 Å². The Morgan fingerprint density at radius 2 is 1.91 bits per heavy atom. The van der Waals surface area contributed by atoms with E-state index < -0.39 is 0 Å². The maximum Gasteiger partial charge on any atom is 0.253 e. The molecule has 0 bridgehead atoms. The molecule has 0 spiro atoms. The fourth-order valence-corrected chi connectivity index (χ4v) is 3.36. The number of aromatic nitrogens is 1. The van der Waals surface area contributed by atoms with Gasteiger partial charge in [0.2, 0.25) is 0 Å². The maximum absolute atomic E-state index is 12.5. The summed E-state index contributed by atoms with van der Waals surface area (Å²) in [6.07, 6.45) is 0. The van der Waals surface area contributed by atoms with Gasteiger partial charge in [0.15, 0.2) is 0 Å². The number of hydrogen-bond acceptors (Lipinski definition) is 4. The molecule has 0 saturated heterocycles. The summed E-state index contributed by atoms with van der Waals surface area (Å²) in [5, 5.41) is 0.938. The van der Waals surface area contributed by atoms with Gasteiger partial charge in [-0.2, -0.15) is 0 Å². The lowest BCUT2D eigenvalue weighted by molar-refractivity contribution is 0.0785. The summed E-state index contributed by atoms with van der Waals surface area (Å²) >= 11 is 1.62. The van der Waals surface area contributed by atoms with E-state index in [1.165, 1.54) is 0 Å². The van der Waals surface area contributed by atoms with Crippen molar-refractivity contribution in [3.63, 3.8) is 0 Å². The first-order valence-electron chi connectivity index (χ1n) is 7.50. The van der Waals surface area contributed by atoms with Gasteiger partial charge in [-0.3, -0.25) is 4.79 Å². The Balaban J connectivity index is 1.71. The van der Waals surface area contributed by atoms with Crippen molar-refractivity contribution in [3.05, 3.63) is 59.1 Å². The second-order valence-electron chi connectivity index (χ2n) is 5.19. The van der Waals surface area contributed by atoms with Crippen LogP contribution in [0.25, 0.3) is 10.2 Å². The van der Waals surface area contributed by atoms with Gasteiger partial charge in [0.25, 0.3) is 5.91 Å². The van der Waals surface area contributed by atoms with Crippen LogP contribution in [0.3, 0.4) is 0 Å². The number of amides is 1. The van der Waals surface area contributed by atoms with Crippen LogP contribution >= 0.6 is 11.3 Å². The molecule has 0 saturated carbocycles. The lowest BCUT2D eigenvalue weighted by atomic mass is 10.2. The van der Waals surface area contributed by atoms with Gasteiger partial charge in [-0.1, -0.05) is 12.1 Å². The highest BCUT2D eigenvalue weighted by atomic mass is 32.1.